The van der Waals surface area contributed by atoms with Crippen molar-refractivity contribution < 1.29 is 31.1 Å². The summed E-state index contributed by atoms with van der Waals surface area (Å²) in [6, 6.07) is 9.22. The van der Waals surface area contributed by atoms with Gasteiger partial charge in [0.25, 0.3) is 0 Å². The topological polar surface area (TPSA) is 33.0 Å². The first-order valence-electron chi connectivity index (χ1n) is 7.51. The van der Waals surface area contributed by atoms with E-state index in [1.165, 1.54) is 18.2 Å². The lowest BCUT2D eigenvalue weighted by atomic mass is 10.1. The van der Waals surface area contributed by atoms with Crippen LogP contribution < -0.4 is 4.74 Å². The van der Waals surface area contributed by atoms with Crippen molar-refractivity contribution in [1.29, 1.82) is 5.26 Å². The highest BCUT2D eigenvalue weighted by Crippen LogP contribution is 2.37. The second kappa shape index (κ2) is 7.68. The molecule has 0 bridgehead atoms. The fraction of sp³-hybridized carbons (Fsp3) is 0.278. The zero-order chi connectivity index (χ0) is 19.4. The molecule has 0 fully saturated rings. The van der Waals surface area contributed by atoms with Crippen LogP contribution in [0.15, 0.2) is 42.5 Å². The minimum Gasteiger partial charge on any atom is -0.493 e. The van der Waals surface area contributed by atoms with Crippen LogP contribution in [-0.2, 0) is 18.8 Å². The Balaban J connectivity index is 1.95. The van der Waals surface area contributed by atoms with Gasteiger partial charge in [-0.25, -0.2) is 0 Å². The molecule has 0 aliphatic carbocycles. The molecule has 0 radical (unpaired) electrons. The van der Waals surface area contributed by atoms with Crippen LogP contribution in [-0.4, -0.2) is 6.61 Å². The highest BCUT2D eigenvalue weighted by molar-refractivity contribution is 5.43. The van der Waals surface area contributed by atoms with Crippen molar-refractivity contribution in [3.05, 3.63) is 64.7 Å². The molecule has 0 saturated carbocycles. The molecular weight excluding hydrogens is 360 g/mol. The molecule has 0 amide bonds. The standard InChI is InChI=1S/C18H13F6NO/c19-17(20,21)14-6-3-12(4-7-14)2-1-9-26-16-8-5-13(11-25)10-15(16)18(22,23)24/h3-8,10H,1-2,9H2. The van der Waals surface area contributed by atoms with Crippen LogP contribution in [0, 0.1) is 11.3 Å². The Morgan fingerprint density at radius 2 is 1.54 bits per heavy atom. The number of alkyl halides is 6. The van der Waals surface area contributed by atoms with Crippen molar-refractivity contribution in [2.45, 2.75) is 25.2 Å². The minimum absolute atomic E-state index is 0.0456. The third-order valence-corrected chi connectivity index (χ3v) is 3.56. The molecule has 0 saturated heterocycles. The molecule has 0 N–H and O–H groups in total. The van der Waals surface area contributed by atoms with Crippen LogP contribution in [0.25, 0.3) is 0 Å². The van der Waals surface area contributed by atoms with E-state index in [4.69, 9.17) is 10.00 Å². The molecule has 0 aliphatic heterocycles. The average Bonchev–Trinajstić information content (AvgIpc) is 2.57. The average molecular weight is 373 g/mol. The van der Waals surface area contributed by atoms with Crippen molar-refractivity contribution in [3.63, 3.8) is 0 Å². The molecule has 0 atom stereocenters. The quantitative estimate of drug-likeness (QED) is 0.504. The predicted molar refractivity (Wildman–Crippen MR) is 81.4 cm³/mol. The molecule has 26 heavy (non-hydrogen) atoms. The fourth-order valence-electron chi connectivity index (χ4n) is 2.27. The maximum absolute atomic E-state index is 13.0. The Bertz CT molecular complexity index is 787. The van der Waals surface area contributed by atoms with Gasteiger partial charge in [-0.2, -0.15) is 31.6 Å². The summed E-state index contributed by atoms with van der Waals surface area (Å²) >= 11 is 0. The molecule has 2 rings (SSSR count). The van der Waals surface area contributed by atoms with E-state index in [9.17, 15) is 26.3 Å². The van der Waals surface area contributed by atoms with E-state index >= 15 is 0 Å². The SMILES string of the molecule is N#Cc1ccc(OCCCc2ccc(C(F)(F)F)cc2)c(C(F)(F)F)c1. The van der Waals surface area contributed by atoms with E-state index in [-0.39, 0.29) is 17.9 Å². The van der Waals surface area contributed by atoms with E-state index in [1.54, 1.807) is 6.07 Å². The van der Waals surface area contributed by atoms with Gasteiger partial charge in [0.2, 0.25) is 0 Å². The van der Waals surface area contributed by atoms with Gasteiger partial charge in [-0.15, -0.1) is 0 Å². The summed E-state index contributed by atoms with van der Waals surface area (Å²) in [4.78, 5) is 0. The maximum atomic E-state index is 13.0. The second-order valence-corrected chi connectivity index (χ2v) is 5.47. The fourth-order valence-corrected chi connectivity index (χ4v) is 2.27. The molecule has 2 aromatic carbocycles. The van der Waals surface area contributed by atoms with Gasteiger partial charge >= 0.3 is 12.4 Å². The highest BCUT2D eigenvalue weighted by Gasteiger charge is 2.34. The van der Waals surface area contributed by atoms with Crippen molar-refractivity contribution in [2.24, 2.45) is 0 Å². The van der Waals surface area contributed by atoms with Crippen LogP contribution in [0.2, 0.25) is 0 Å². The molecule has 0 spiro atoms. The number of ether oxygens (including phenoxy) is 1. The maximum Gasteiger partial charge on any atom is 0.420 e. The van der Waals surface area contributed by atoms with E-state index in [0.717, 1.165) is 18.2 Å². The summed E-state index contributed by atoms with van der Waals surface area (Å²) in [5, 5.41) is 8.70. The molecule has 2 nitrogen and oxygen atoms in total. The lowest BCUT2D eigenvalue weighted by Crippen LogP contribution is -2.10. The van der Waals surface area contributed by atoms with Gasteiger partial charge in [0.15, 0.2) is 0 Å². The van der Waals surface area contributed by atoms with Crippen molar-refractivity contribution in [2.75, 3.05) is 6.61 Å². The molecule has 138 valence electrons. The van der Waals surface area contributed by atoms with Gasteiger partial charge < -0.3 is 4.74 Å². The minimum atomic E-state index is -4.66. The van der Waals surface area contributed by atoms with E-state index in [0.29, 0.717) is 24.5 Å². The first-order chi connectivity index (χ1) is 12.1. The van der Waals surface area contributed by atoms with Crippen LogP contribution in [0.1, 0.15) is 28.7 Å². The summed E-state index contributed by atoms with van der Waals surface area (Å²) in [5.41, 5.74) is -1.30. The number of hydrogen-bond donors (Lipinski definition) is 0. The zero-order valence-electron chi connectivity index (χ0n) is 13.3. The van der Waals surface area contributed by atoms with Crippen molar-refractivity contribution in [1.82, 2.24) is 0 Å². The summed E-state index contributed by atoms with van der Waals surface area (Å²) in [6.07, 6.45) is -8.39. The zero-order valence-corrected chi connectivity index (χ0v) is 13.3. The Kier molecular flexibility index (Phi) is 5.80. The Hall–Kier alpha value is -2.69. The smallest absolute Gasteiger partial charge is 0.420 e. The van der Waals surface area contributed by atoms with Crippen molar-refractivity contribution >= 4 is 0 Å². The van der Waals surface area contributed by atoms with Crippen LogP contribution in [0.4, 0.5) is 26.3 Å². The van der Waals surface area contributed by atoms with E-state index in [2.05, 4.69) is 0 Å². The lowest BCUT2D eigenvalue weighted by molar-refractivity contribution is -0.139. The monoisotopic (exact) mass is 373 g/mol. The predicted octanol–water partition coefficient (Wildman–Crippen LogP) is 5.61. The first-order valence-corrected chi connectivity index (χ1v) is 7.51. The highest BCUT2D eigenvalue weighted by atomic mass is 19.4. The van der Waals surface area contributed by atoms with Gasteiger partial charge in [0.1, 0.15) is 5.75 Å². The van der Waals surface area contributed by atoms with E-state index in [1.807, 2.05) is 0 Å². The van der Waals surface area contributed by atoms with Gasteiger partial charge in [-0.1, -0.05) is 12.1 Å². The Labute approximate surface area is 145 Å². The Morgan fingerprint density at radius 3 is 2.08 bits per heavy atom. The molecule has 0 aromatic heterocycles. The van der Waals surface area contributed by atoms with Crippen LogP contribution >= 0.6 is 0 Å². The number of halogens is 6. The number of hydrogen-bond acceptors (Lipinski definition) is 2. The lowest BCUT2D eigenvalue weighted by Gasteiger charge is -2.14. The largest absolute Gasteiger partial charge is 0.493 e. The van der Waals surface area contributed by atoms with Gasteiger partial charge in [-0.05, 0) is 48.7 Å². The summed E-state index contributed by atoms with van der Waals surface area (Å²) < 4.78 is 81.5. The molecule has 0 aliphatic rings. The molecule has 2 aromatic rings. The molecule has 8 heteroatoms. The second-order valence-electron chi connectivity index (χ2n) is 5.47. The normalized spacial score (nSPS) is 11.9. The van der Waals surface area contributed by atoms with Gasteiger partial charge in [0, 0.05) is 0 Å². The third kappa shape index (κ3) is 5.15. The number of benzene rings is 2. The number of nitriles is 1. The van der Waals surface area contributed by atoms with E-state index < -0.39 is 23.5 Å². The van der Waals surface area contributed by atoms with Gasteiger partial charge in [0.05, 0.1) is 29.4 Å². The molecule has 0 heterocycles. The summed E-state index contributed by atoms with van der Waals surface area (Å²) in [5.74, 6) is -0.385. The Morgan fingerprint density at radius 1 is 0.885 bits per heavy atom. The molecule has 0 unspecified atom stereocenters. The number of nitrogens with zero attached hydrogens (tertiary/aromatic N) is 1. The third-order valence-electron chi connectivity index (χ3n) is 3.56. The van der Waals surface area contributed by atoms with Gasteiger partial charge in [-0.3, -0.25) is 0 Å². The van der Waals surface area contributed by atoms with Crippen molar-refractivity contribution in [3.8, 4) is 11.8 Å². The first kappa shape index (κ1) is 19.6. The number of rotatable bonds is 5. The van der Waals surface area contributed by atoms with Crippen LogP contribution in [0.5, 0.6) is 5.75 Å². The number of aryl methyl sites for hydroxylation is 1. The summed E-state index contributed by atoms with van der Waals surface area (Å²) in [6.45, 7) is -0.0456. The summed E-state index contributed by atoms with van der Waals surface area (Å²) in [7, 11) is 0. The molecular formula is C18H13F6NO. The van der Waals surface area contributed by atoms with Crippen LogP contribution in [0.3, 0.4) is 0 Å².